The number of anilines is 1. The normalized spacial score (nSPS) is 17.8. The van der Waals surface area contributed by atoms with Crippen LogP contribution in [0.2, 0.25) is 5.02 Å². The summed E-state index contributed by atoms with van der Waals surface area (Å²) in [7, 11) is -4.42. The number of carbonyl (C=O) groups excluding carboxylic acids is 1. The molecule has 6 aromatic rings. The zero-order chi connectivity index (χ0) is 43.0. The number of pyridine rings is 1. The van der Waals surface area contributed by atoms with Gasteiger partial charge in [0.1, 0.15) is 16.9 Å². The van der Waals surface area contributed by atoms with Gasteiger partial charge in [0.15, 0.2) is 0 Å². The van der Waals surface area contributed by atoms with Gasteiger partial charge in [-0.15, -0.1) is 16.7 Å². The number of hydrogen-bond acceptors (Lipinski definition) is 11. The standard InChI is InChI=1S/C46H49ClN8O5S2/c1-46(2)15-11-33(38(26-46)31-3-5-34(47)6-4-31)28-53-17-19-54(20-18-53)35-7-9-37(41(24-35)55-42-23-32-12-16-48-44(32)50-40(42)27-49-55)45(56)52-62(58,59)36-8-10-43(39(25-36)51-57)61-29-30-13-21-60-22-14-30/h3-10,12,16,23-25,27,30H,11,13-15,17-22,26,28-29H2,1-2H3,(H,48,50)(H,52,56). The van der Waals surface area contributed by atoms with Crippen LogP contribution in [-0.4, -0.2) is 90.7 Å². The first-order valence-corrected chi connectivity index (χ1v) is 23.9. The van der Waals surface area contributed by atoms with Crippen molar-refractivity contribution in [3.63, 3.8) is 0 Å². The van der Waals surface area contributed by atoms with E-state index in [1.54, 1.807) is 23.0 Å². The van der Waals surface area contributed by atoms with Gasteiger partial charge in [-0.05, 0) is 120 Å². The molecule has 9 rings (SSSR count). The van der Waals surface area contributed by atoms with Gasteiger partial charge in [-0.2, -0.15) is 5.10 Å². The summed E-state index contributed by atoms with van der Waals surface area (Å²) >= 11 is 7.73. The molecule has 3 aliphatic rings. The number of aromatic nitrogens is 4. The van der Waals surface area contributed by atoms with Gasteiger partial charge in [0, 0.05) is 78.9 Å². The van der Waals surface area contributed by atoms with Gasteiger partial charge in [0.05, 0.1) is 27.9 Å². The van der Waals surface area contributed by atoms with Gasteiger partial charge >= 0.3 is 0 Å². The Kier molecular flexibility index (Phi) is 12.0. The fourth-order valence-corrected chi connectivity index (χ4v) is 11.1. The van der Waals surface area contributed by atoms with E-state index in [0.717, 1.165) is 86.7 Å². The first-order chi connectivity index (χ1) is 29.9. The number of sulfonamides is 1. The van der Waals surface area contributed by atoms with E-state index in [1.165, 1.54) is 40.6 Å². The number of nitrogens with zero attached hydrogens (tertiary/aromatic N) is 6. The predicted molar refractivity (Wildman–Crippen MR) is 246 cm³/mol. The highest BCUT2D eigenvalue weighted by molar-refractivity contribution is 7.99. The molecule has 3 aromatic heterocycles. The third kappa shape index (κ3) is 9.04. The van der Waals surface area contributed by atoms with E-state index < -0.39 is 15.9 Å². The minimum atomic E-state index is -4.42. The number of ether oxygens (including phenoxy) is 1. The molecule has 16 heteroatoms. The second-order valence-corrected chi connectivity index (χ2v) is 20.5. The lowest BCUT2D eigenvalue weighted by Crippen LogP contribution is -2.47. The number of aromatic amines is 1. The van der Waals surface area contributed by atoms with E-state index in [2.05, 4.69) is 55.8 Å². The Morgan fingerprint density at radius 1 is 1.02 bits per heavy atom. The van der Waals surface area contributed by atoms with Crippen LogP contribution in [0.15, 0.2) is 106 Å². The first kappa shape index (κ1) is 42.3. The number of thioether (sulfide) groups is 1. The van der Waals surface area contributed by atoms with Gasteiger partial charge in [-0.3, -0.25) is 9.69 Å². The highest BCUT2D eigenvalue weighted by Gasteiger charge is 2.30. The van der Waals surface area contributed by atoms with E-state index in [-0.39, 0.29) is 21.6 Å². The van der Waals surface area contributed by atoms with Crippen LogP contribution in [0.25, 0.3) is 33.3 Å². The summed E-state index contributed by atoms with van der Waals surface area (Å²) in [6.07, 6.45) is 8.55. The van der Waals surface area contributed by atoms with Crippen molar-refractivity contribution in [2.75, 3.05) is 56.6 Å². The van der Waals surface area contributed by atoms with E-state index in [1.807, 2.05) is 42.6 Å². The lowest BCUT2D eigenvalue weighted by Gasteiger charge is -2.39. The molecular formula is C46H49ClN8O5S2. The highest BCUT2D eigenvalue weighted by atomic mass is 35.5. The number of nitrogens with one attached hydrogen (secondary N) is 2. The molecule has 5 heterocycles. The summed E-state index contributed by atoms with van der Waals surface area (Å²) in [5, 5.41) is 9.43. The lowest BCUT2D eigenvalue weighted by molar-refractivity contribution is 0.0728. The quantitative estimate of drug-likeness (QED) is 0.0897. The number of nitroso groups, excluding NO2 is 1. The minimum Gasteiger partial charge on any atom is -0.381 e. The van der Waals surface area contributed by atoms with Gasteiger partial charge in [0.2, 0.25) is 0 Å². The summed E-state index contributed by atoms with van der Waals surface area (Å²) in [6.45, 7) is 10.2. The molecule has 0 spiro atoms. The Balaban J connectivity index is 0.970. The smallest absolute Gasteiger partial charge is 0.267 e. The maximum atomic E-state index is 14.2. The molecule has 0 bridgehead atoms. The Morgan fingerprint density at radius 3 is 2.58 bits per heavy atom. The van der Waals surface area contributed by atoms with Gasteiger partial charge < -0.3 is 14.6 Å². The molecule has 2 aliphatic heterocycles. The van der Waals surface area contributed by atoms with Crippen molar-refractivity contribution in [3.05, 3.63) is 112 Å². The van der Waals surface area contributed by atoms with Crippen LogP contribution >= 0.6 is 23.4 Å². The SMILES string of the molecule is CC1(C)CCC(CN2CCN(c3ccc(C(=O)NS(=O)(=O)c4ccc(SCC5CCOCC5)c(N=O)c4)c(-n4ncc5nc6[nH]ccc6cc54)c3)CC2)=C(c2ccc(Cl)cc2)C1. The van der Waals surface area contributed by atoms with Crippen molar-refractivity contribution >= 4 is 78.3 Å². The van der Waals surface area contributed by atoms with Crippen molar-refractivity contribution in [1.29, 1.82) is 0 Å². The summed E-state index contributed by atoms with van der Waals surface area (Å²) < 4.78 is 37.0. The summed E-state index contributed by atoms with van der Waals surface area (Å²) in [4.78, 5) is 39.1. The van der Waals surface area contributed by atoms with Crippen LogP contribution in [0, 0.1) is 16.2 Å². The van der Waals surface area contributed by atoms with Crippen molar-refractivity contribution < 1.29 is 17.9 Å². The zero-order valence-electron chi connectivity index (χ0n) is 34.8. The molecule has 1 amide bonds. The third-order valence-corrected chi connectivity index (χ3v) is 15.3. The maximum Gasteiger partial charge on any atom is 0.267 e. The number of amides is 1. The van der Waals surface area contributed by atoms with E-state index in [4.69, 9.17) is 21.3 Å². The average molecular weight is 894 g/mol. The number of rotatable bonds is 12. The molecular weight excluding hydrogens is 844 g/mol. The number of H-pyrrole nitrogens is 1. The molecule has 2 N–H and O–H groups in total. The second-order valence-electron chi connectivity index (χ2n) is 17.3. The fraction of sp³-hybridized carbons (Fsp3) is 0.370. The number of hydrogen-bond donors (Lipinski definition) is 2. The van der Waals surface area contributed by atoms with E-state index in [0.29, 0.717) is 46.4 Å². The number of benzene rings is 3. The largest absolute Gasteiger partial charge is 0.381 e. The van der Waals surface area contributed by atoms with Crippen molar-refractivity contribution in [3.8, 4) is 5.69 Å². The van der Waals surface area contributed by atoms with Crippen molar-refractivity contribution in [2.45, 2.75) is 55.7 Å². The Labute approximate surface area is 370 Å². The molecule has 3 aromatic carbocycles. The van der Waals surface area contributed by atoms with Gasteiger partial charge in [-0.25, -0.2) is 22.8 Å². The molecule has 0 saturated carbocycles. The Bertz CT molecular complexity index is 2790. The van der Waals surface area contributed by atoms with Crippen LogP contribution < -0.4 is 9.62 Å². The molecule has 13 nitrogen and oxygen atoms in total. The summed E-state index contributed by atoms with van der Waals surface area (Å²) in [5.41, 5.74) is 7.78. The topological polar surface area (TPSA) is 155 Å². The van der Waals surface area contributed by atoms with Crippen LogP contribution in [0.1, 0.15) is 61.9 Å². The van der Waals surface area contributed by atoms with Crippen LogP contribution in [0.4, 0.5) is 11.4 Å². The maximum absolute atomic E-state index is 14.2. The molecule has 0 unspecified atom stereocenters. The third-order valence-electron chi connectivity index (χ3n) is 12.4. The summed E-state index contributed by atoms with van der Waals surface area (Å²) in [6, 6.07) is 21.7. The van der Waals surface area contributed by atoms with E-state index >= 15 is 0 Å². The molecule has 62 heavy (non-hydrogen) atoms. The van der Waals surface area contributed by atoms with Gasteiger partial charge in [0.25, 0.3) is 15.9 Å². The van der Waals surface area contributed by atoms with Crippen molar-refractivity contribution in [1.82, 2.24) is 29.4 Å². The minimum absolute atomic E-state index is 0.00974. The monoisotopic (exact) mass is 892 g/mol. The second kappa shape index (κ2) is 17.6. The number of allylic oxidation sites excluding steroid dienone is 1. The molecule has 322 valence electrons. The zero-order valence-corrected chi connectivity index (χ0v) is 37.2. The van der Waals surface area contributed by atoms with Crippen molar-refractivity contribution in [2.24, 2.45) is 16.5 Å². The number of halogens is 1. The fourth-order valence-electron chi connectivity index (χ4n) is 8.81. The van der Waals surface area contributed by atoms with Crippen LogP contribution in [0.3, 0.4) is 0 Å². The van der Waals surface area contributed by atoms with E-state index in [9.17, 15) is 18.1 Å². The molecule has 0 radical (unpaired) electrons. The highest BCUT2D eigenvalue weighted by Crippen LogP contribution is 2.43. The first-order valence-electron chi connectivity index (χ1n) is 21.1. The van der Waals surface area contributed by atoms with Gasteiger partial charge in [-0.1, -0.05) is 43.2 Å². The predicted octanol–water partition coefficient (Wildman–Crippen LogP) is 9.38. The molecule has 1 aliphatic carbocycles. The molecule has 0 atom stereocenters. The average Bonchev–Trinajstić information content (AvgIpc) is 3.92. The molecule has 2 saturated heterocycles. The Hall–Kier alpha value is -5.06. The number of fused-ring (bicyclic) bond motifs is 2. The van der Waals surface area contributed by atoms with Crippen LogP contribution in [-0.2, 0) is 14.8 Å². The number of piperazine rings is 1. The molecule has 2 fully saturated rings. The summed E-state index contributed by atoms with van der Waals surface area (Å²) in [5.74, 6) is 0.360. The van der Waals surface area contributed by atoms with Crippen LogP contribution in [0.5, 0.6) is 0 Å². The Morgan fingerprint density at radius 2 is 1.81 bits per heavy atom. The lowest BCUT2D eigenvalue weighted by atomic mass is 9.72. The number of carbonyl (C=O) groups is 1.